The molecule has 0 aliphatic heterocycles. The van der Waals surface area contributed by atoms with Crippen LogP contribution in [0.15, 0.2) is 53.3 Å². The summed E-state index contributed by atoms with van der Waals surface area (Å²) in [6, 6.07) is 13.3. The molecule has 0 radical (unpaired) electrons. The molecule has 4 rings (SSSR count). The summed E-state index contributed by atoms with van der Waals surface area (Å²) in [6.07, 6.45) is 1.85. The molecule has 0 bridgehead atoms. The van der Waals surface area contributed by atoms with Crippen LogP contribution in [0.25, 0.3) is 11.1 Å². The molecule has 48 heavy (non-hydrogen) atoms. The van der Waals surface area contributed by atoms with Crippen molar-refractivity contribution < 1.29 is 28.5 Å². The van der Waals surface area contributed by atoms with Crippen LogP contribution >= 0.6 is 0 Å². The number of rotatable bonds is 13. The van der Waals surface area contributed by atoms with Crippen molar-refractivity contribution in [2.24, 2.45) is 11.8 Å². The first kappa shape index (κ1) is 36.1. The lowest BCUT2D eigenvalue weighted by Gasteiger charge is -2.29. The van der Waals surface area contributed by atoms with E-state index >= 15 is 0 Å². The molecule has 0 saturated heterocycles. The van der Waals surface area contributed by atoms with Crippen molar-refractivity contribution in [1.29, 1.82) is 0 Å². The van der Waals surface area contributed by atoms with Gasteiger partial charge in [0, 0.05) is 12.5 Å². The van der Waals surface area contributed by atoms with Crippen LogP contribution in [0.4, 0.5) is 5.69 Å². The van der Waals surface area contributed by atoms with Crippen LogP contribution in [0, 0.1) is 11.8 Å². The molecule has 3 aromatic carbocycles. The van der Waals surface area contributed by atoms with Gasteiger partial charge in [-0.05, 0) is 77.3 Å². The van der Waals surface area contributed by atoms with E-state index in [1.165, 1.54) is 6.92 Å². The minimum absolute atomic E-state index is 0.0962. The molecule has 0 heterocycles. The van der Waals surface area contributed by atoms with Crippen LogP contribution in [-0.4, -0.2) is 46.3 Å². The molecule has 0 aromatic heterocycles. The van der Waals surface area contributed by atoms with Crippen molar-refractivity contribution in [2.75, 3.05) is 33.8 Å². The highest BCUT2D eigenvalue weighted by Crippen LogP contribution is 2.50. The maximum Gasteiger partial charge on any atom is 0.243 e. The Bertz CT molecular complexity index is 1670. The third-order valence-electron chi connectivity index (χ3n) is 9.16. The Labute approximate surface area is 283 Å². The Morgan fingerprint density at radius 2 is 1.58 bits per heavy atom. The van der Waals surface area contributed by atoms with E-state index in [-0.39, 0.29) is 40.8 Å². The first-order valence-electron chi connectivity index (χ1n) is 16.5. The highest BCUT2D eigenvalue weighted by Gasteiger charge is 2.31. The molecular weight excluding hydrogens is 610 g/mol. The summed E-state index contributed by atoms with van der Waals surface area (Å²) >= 11 is 0. The minimum atomic E-state index is -0.693. The van der Waals surface area contributed by atoms with E-state index < -0.39 is 12.1 Å². The van der Waals surface area contributed by atoms with Gasteiger partial charge in [-0.15, -0.1) is 0 Å². The summed E-state index contributed by atoms with van der Waals surface area (Å²) < 4.78 is 22.5. The molecule has 1 aliphatic carbocycles. The van der Waals surface area contributed by atoms with E-state index in [1.54, 1.807) is 40.6 Å². The zero-order valence-electron chi connectivity index (χ0n) is 29.5. The molecule has 0 saturated carbocycles. The van der Waals surface area contributed by atoms with Gasteiger partial charge in [-0.25, -0.2) is 0 Å². The number of anilines is 1. The van der Waals surface area contributed by atoms with E-state index in [0.717, 1.165) is 22.4 Å². The Kier molecular flexibility index (Phi) is 12.0. The number of benzene rings is 2. The molecule has 1 aliphatic rings. The highest BCUT2D eigenvalue weighted by atomic mass is 16.5. The van der Waals surface area contributed by atoms with Gasteiger partial charge in [-0.2, -0.15) is 0 Å². The smallest absolute Gasteiger partial charge is 0.243 e. The number of aryl methyl sites for hydroxylation is 1. The van der Waals surface area contributed by atoms with Crippen LogP contribution < -0.4 is 40.3 Å². The van der Waals surface area contributed by atoms with Crippen LogP contribution in [-0.2, 0) is 16.0 Å². The predicted molar refractivity (Wildman–Crippen MR) is 188 cm³/mol. The normalized spacial score (nSPS) is 15.5. The molecule has 10 nitrogen and oxygen atoms in total. The van der Waals surface area contributed by atoms with Gasteiger partial charge in [0.15, 0.2) is 11.5 Å². The van der Waals surface area contributed by atoms with Gasteiger partial charge in [0.05, 0.1) is 46.2 Å². The molecule has 3 aromatic rings. The van der Waals surface area contributed by atoms with E-state index in [0.29, 0.717) is 47.6 Å². The summed E-state index contributed by atoms with van der Waals surface area (Å²) in [4.78, 5) is 40.4. The third-order valence-corrected chi connectivity index (χ3v) is 9.16. The molecule has 3 N–H and O–H groups in total. The fourth-order valence-electron chi connectivity index (χ4n) is 6.39. The van der Waals surface area contributed by atoms with Crippen LogP contribution in [0.5, 0.6) is 23.0 Å². The summed E-state index contributed by atoms with van der Waals surface area (Å²) in [6.45, 7) is 9.59. The number of amides is 2. The van der Waals surface area contributed by atoms with Crippen molar-refractivity contribution in [3.8, 4) is 34.1 Å². The fraction of sp³-hybridized carbons (Fsp3) is 0.447. The SMILES string of the molecule is CC[C@@H](C)[C@H](Nc1ccc2c(cc1=O)[C@@H](NC(C)=O)CCc1cc(OC)c(OC)c(OC)c1-2)C(=O)N[C@H](c1ccc(OC)cc1)C(C)C. The van der Waals surface area contributed by atoms with E-state index in [1.807, 2.05) is 50.2 Å². The van der Waals surface area contributed by atoms with E-state index in [2.05, 4.69) is 29.8 Å². The number of hydrogen-bond acceptors (Lipinski definition) is 8. The first-order valence-corrected chi connectivity index (χ1v) is 16.5. The minimum Gasteiger partial charge on any atom is -0.497 e. The van der Waals surface area contributed by atoms with Crippen LogP contribution in [0.3, 0.4) is 0 Å². The Morgan fingerprint density at radius 3 is 2.15 bits per heavy atom. The van der Waals surface area contributed by atoms with Crippen LogP contribution in [0.2, 0.25) is 0 Å². The maximum absolute atomic E-state index is 14.0. The number of ether oxygens (including phenoxy) is 4. The number of hydrogen-bond donors (Lipinski definition) is 3. The topological polar surface area (TPSA) is 124 Å². The van der Waals surface area contributed by atoms with Gasteiger partial charge in [-0.3, -0.25) is 14.4 Å². The molecule has 0 fully saturated rings. The highest BCUT2D eigenvalue weighted by molar-refractivity contribution is 5.86. The molecule has 258 valence electrons. The van der Waals surface area contributed by atoms with Gasteiger partial charge < -0.3 is 34.9 Å². The Hall–Kier alpha value is -4.73. The molecule has 10 heteroatoms. The van der Waals surface area contributed by atoms with Gasteiger partial charge in [0.25, 0.3) is 0 Å². The average molecular weight is 660 g/mol. The predicted octanol–water partition coefficient (Wildman–Crippen LogP) is 6.21. The van der Waals surface area contributed by atoms with Crippen molar-refractivity contribution in [3.63, 3.8) is 0 Å². The molecule has 4 atom stereocenters. The average Bonchev–Trinajstić information content (AvgIpc) is 3.32. The molecule has 0 unspecified atom stereocenters. The zero-order valence-corrected chi connectivity index (χ0v) is 29.5. The van der Waals surface area contributed by atoms with E-state index in [9.17, 15) is 14.4 Å². The van der Waals surface area contributed by atoms with Gasteiger partial charge >= 0.3 is 0 Å². The zero-order chi connectivity index (χ0) is 35.1. The number of carbonyl (C=O) groups excluding carboxylic acids is 2. The molecular formula is C38H49N3O7. The second-order valence-corrected chi connectivity index (χ2v) is 12.6. The third kappa shape index (κ3) is 7.69. The second-order valence-electron chi connectivity index (χ2n) is 12.6. The first-order chi connectivity index (χ1) is 23.0. The van der Waals surface area contributed by atoms with E-state index in [4.69, 9.17) is 18.9 Å². The summed E-state index contributed by atoms with van der Waals surface area (Å²) in [7, 11) is 6.30. The van der Waals surface area contributed by atoms with Crippen molar-refractivity contribution in [2.45, 2.75) is 72.0 Å². The van der Waals surface area contributed by atoms with Gasteiger partial charge in [0.2, 0.25) is 23.0 Å². The lowest BCUT2D eigenvalue weighted by Crippen LogP contribution is -2.46. The van der Waals surface area contributed by atoms with Crippen LogP contribution in [0.1, 0.15) is 76.2 Å². The van der Waals surface area contributed by atoms with Gasteiger partial charge in [0.1, 0.15) is 11.8 Å². The molecule has 2 amide bonds. The van der Waals surface area contributed by atoms with Crippen molar-refractivity contribution >= 4 is 17.5 Å². The summed E-state index contributed by atoms with van der Waals surface area (Å²) in [5, 5.41) is 9.59. The lowest BCUT2D eigenvalue weighted by atomic mass is 9.93. The molecule has 0 spiro atoms. The summed E-state index contributed by atoms with van der Waals surface area (Å²) in [5.41, 5.74) is 3.99. The van der Waals surface area contributed by atoms with Crippen molar-refractivity contribution in [1.82, 2.24) is 10.6 Å². The quantitative estimate of drug-likeness (QED) is 0.198. The standard InChI is InChI=1S/C38H49N3O7/c1-10-22(4)35(38(44)41-34(21(2)3)24-11-14-26(45-6)15-12-24)40-30-18-16-27-28(20-31(30)43)29(39-23(5)42)17-13-25-19-32(46-7)36(47-8)37(48-9)33(25)27/h11-12,14-16,18-22,29,34-35H,10,13,17H2,1-9H3,(H,39,42)(H,40,43)(H,41,44)/t22-,29+,34+,35+/m1/s1. The van der Waals surface area contributed by atoms with Crippen molar-refractivity contribution in [3.05, 3.63) is 75.4 Å². The van der Waals surface area contributed by atoms with Gasteiger partial charge in [-0.1, -0.05) is 52.3 Å². The number of methoxy groups -OCH3 is 4. The monoisotopic (exact) mass is 659 g/mol. The fourth-order valence-corrected chi connectivity index (χ4v) is 6.39. The Morgan fingerprint density at radius 1 is 0.896 bits per heavy atom. The number of nitrogens with one attached hydrogen (secondary N) is 3. The number of carbonyl (C=O) groups is 2. The number of fused-ring (bicyclic) bond motifs is 3. The lowest BCUT2D eigenvalue weighted by molar-refractivity contribution is -0.124. The summed E-state index contributed by atoms with van der Waals surface area (Å²) in [5.74, 6) is 1.77. The second kappa shape index (κ2) is 15.9. The largest absolute Gasteiger partial charge is 0.497 e. The Balaban J connectivity index is 1.81. The maximum atomic E-state index is 14.0.